The predicted octanol–water partition coefficient (Wildman–Crippen LogP) is 2.29. The van der Waals surface area contributed by atoms with Crippen molar-refractivity contribution in [2.75, 3.05) is 19.0 Å². The van der Waals surface area contributed by atoms with Crippen molar-refractivity contribution in [3.63, 3.8) is 0 Å². The minimum absolute atomic E-state index is 0.174. The van der Waals surface area contributed by atoms with E-state index in [0.717, 1.165) is 37.3 Å². The summed E-state index contributed by atoms with van der Waals surface area (Å²) in [5, 5.41) is 16.9. The van der Waals surface area contributed by atoms with Gasteiger partial charge in [-0.05, 0) is 37.0 Å². The number of fused-ring (bicyclic) bond motifs is 1. The van der Waals surface area contributed by atoms with Crippen molar-refractivity contribution in [3.05, 3.63) is 41.3 Å². The van der Waals surface area contributed by atoms with E-state index in [1.54, 1.807) is 19.4 Å². The number of hydrogen-bond acceptors (Lipinski definition) is 5. The van der Waals surface area contributed by atoms with Crippen LogP contribution in [0.25, 0.3) is 0 Å². The monoisotopic (exact) mass is 297 g/mol. The van der Waals surface area contributed by atoms with Gasteiger partial charge in [0.1, 0.15) is 11.9 Å². The SMILES string of the molecule is COCCn1cc2c(n1)[C@@H](Nc1ccc(C#N)cn1)CCC2. The van der Waals surface area contributed by atoms with Gasteiger partial charge in [-0.25, -0.2) is 4.98 Å². The van der Waals surface area contributed by atoms with E-state index in [1.807, 2.05) is 10.7 Å². The lowest BCUT2D eigenvalue weighted by atomic mass is 9.94. The third kappa shape index (κ3) is 3.10. The first-order valence-electron chi connectivity index (χ1n) is 7.48. The van der Waals surface area contributed by atoms with Crippen LogP contribution in [0.15, 0.2) is 24.5 Å². The van der Waals surface area contributed by atoms with Gasteiger partial charge in [-0.2, -0.15) is 10.4 Å². The summed E-state index contributed by atoms with van der Waals surface area (Å²) < 4.78 is 7.07. The predicted molar refractivity (Wildman–Crippen MR) is 82.4 cm³/mol. The summed E-state index contributed by atoms with van der Waals surface area (Å²) in [7, 11) is 1.70. The van der Waals surface area contributed by atoms with E-state index >= 15 is 0 Å². The zero-order valence-electron chi connectivity index (χ0n) is 12.6. The van der Waals surface area contributed by atoms with E-state index in [2.05, 4.69) is 22.6 Å². The Balaban J connectivity index is 1.75. The van der Waals surface area contributed by atoms with Crippen molar-refractivity contribution < 1.29 is 4.74 Å². The number of pyridine rings is 1. The Morgan fingerprint density at radius 1 is 1.50 bits per heavy atom. The molecule has 1 aliphatic rings. The Morgan fingerprint density at radius 2 is 2.41 bits per heavy atom. The first-order valence-corrected chi connectivity index (χ1v) is 7.48. The van der Waals surface area contributed by atoms with E-state index in [0.29, 0.717) is 12.2 Å². The molecule has 1 N–H and O–H groups in total. The van der Waals surface area contributed by atoms with Gasteiger partial charge in [0.05, 0.1) is 30.5 Å². The Kier molecular flexibility index (Phi) is 4.35. The largest absolute Gasteiger partial charge is 0.383 e. The van der Waals surface area contributed by atoms with E-state index < -0.39 is 0 Å². The molecule has 0 aliphatic heterocycles. The summed E-state index contributed by atoms with van der Waals surface area (Å²) in [6.45, 7) is 1.43. The molecule has 0 spiro atoms. The van der Waals surface area contributed by atoms with Crippen molar-refractivity contribution >= 4 is 5.82 Å². The fourth-order valence-corrected chi connectivity index (χ4v) is 2.76. The van der Waals surface area contributed by atoms with E-state index in [1.165, 1.54) is 5.56 Å². The van der Waals surface area contributed by atoms with Crippen LogP contribution in [0.5, 0.6) is 0 Å². The quantitative estimate of drug-likeness (QED) is 0.916. The highest BCUT2D eigenvalue weighted by Gasteiger charge is 2.24. The van der Waals surface area contributed by atoms with Crippen LogP contribution in [-0.2, 0) is 17.7 Å². The van der Waals surface area contributed by atoms with Crippen LogP contribution in [0.2, 0.25) is 0 Å². The maximum absolute atomic E-state index is 8.82. The number of methoxy groups -OCH3 is 1. The molecule has 0 saturated carbocycles. The first-order chi connectivity index (χ1) is 10.8. The zero-order valence-corrected chi connectivity index (χ0v) is 12.6. The summed E-state index contributed by atoms with van der Waals surface area (Å²) in [6.07, 6.45) is 6.95. The standard InChI is InChI=1S/C16H19N5O/c1-22-8-7-21-11-13-3-2-4-14(16(13)20-21)19-15-6-5-12(9-17)10-18-15/h5-6,10-11,14H,2-4,7-8H2,1H3,(H,18,19)/t14-/m0/s1. The number of aromatic nitrogens is 3. The highest BCUT2D eigenvalue weighted by Crippen LogP contribution is 2.31. The summed E-state index contributed by atoms with van der Waals surface area (Å²) >= 11 is 0. The highest BCUT2D eigenvalue weighted by molar-refractivity contribution is 5.42. The van der Waals surface area contributed by atoms with Gasteiger partial charge in [-0.3, -0.25) is 4.68 Å². The summed E-state index contributed by atoms with van der Waals surface area (Å²) in [5.41, 5.74) is 2.97. The topological polar surface area (TPSA) is 75.8 Å². The molecule has 0 bridgehead atoms. The van der Waals surface area contributed by atoms with Crippen molar-refractivity contribution in [3.8, 4) is 6.07 Å². The van der Waals surface area contributed by atoms with Gasteiger partial charge in [0.15, 0.2) is 0 Å². The molecule has 0 amide bonds. The second kappa shape index (κ2) is 6.58. The molecule has 0 unspecified atom stereocenters. The molecule has 0 saturated heterocycles. The smallest absolute Gasteiger partial charge is 0.126 e. The minimum atomic E-state index is 0.174. The van der Waals surface area contributed by atoms with E-state index in [4.69, 9.17) is 15.1 Å². The zero-order chi connectivity index (χ0) is 15.4. The molecule has 0 fully saturated rings. The summed E-state index contributed by atoms with van der Waals surface area (Å²) in [5.74, 6) is 0.781. The third-order valence-corrected chi connectivity index (χ3v) is 3.88. The molecule has 2 aromatic rings. The maximum Gasteiger partial charge on any atom is 0.126 e. The number of nitrogens with one attached hydrogen (secondary N) is 1. The maximum atomic E-state index is 8.82. The van der Waals surface area contributed by atoms with Crippen LogP contribution in [0, 0.1) is 11.3 Å². The molecular weight excluding hydrogens is 278 g/mol. The van der Waals surface area contributed by atoms with Gasteiger partial charge in [-0.15, -0.1) is 0 Å². The Labute approximate surface area is 129 Å². The average molecular weight is 297 g/mol. The van der Waals surface area contributed by atoms with Crippen LogP contribution in [0.1, 0.15) is 35.7 Å². The first kappa shape index (κ1) is 14.5. The number of hydrogen-bond donors (Lipinski definition) is 1. The summed E-state index contributed by atoms with van der Waals surface area (Å²) in [4.78, 5) is 4.28. The van der Waals surface area contributed by atoms with Crippen LogP contribution >= 0.6 is 0 Å². The number of ether oxygens (including phenoxy) is 1. The van der Waals surface area contributed by atoms with E-state index in [-0.39, 0.29) is 6.04 Å². The molecule has 0 aromatic carbocycles. The Hall–Kier alpha value is -2.39. The molecule has 114 valence electrons. The normalized spacial score (nSPS) is 16.8. The Morgan fingerprint density at radius 3 is 3.14 bits per heavy atom. The van der Waals surface area contributed by atoms with Crippen LogP contribution in [0.4, 0.5) is 5.82 Å². The second-order valence-electron chi connectivity index (χ2n) is 5.43. The van der Waals surface area contributed by atoms with Gasteiger partial charge < -0.3 is 10.1 Å². The molecular formula is C16H19N5O. The number of nitrogens with zero attached hydrogens (tertiary/aromatic N) is 4. The van der Waals surface area contributed by atoms with Gasteiger partial charge in [-0.1, -0.05) is 0 Å². The lowest BCUT2D eigenvalue weighted by Crippen LogP contribution is -2.18. The number of aryl methyl sites for hydroxylation is 1. The lowest BCUT2D eigenvalue weighted by Gasteiger charge is -2.22. The molecule has 6 heteroatoms. The van der Waals surface area contributed by atoms with Gasteiger partial charge in [0, 0.05) is 19.5 Å². The minimum Gasteiger partial charge on any atom is -0.383 e. The van der Waals surface area contributed by atoms with Crippen molar-refractivity contribution in [1.29, 1.82) is 5.26 Å². The molecule has 1 atom stereocenters. The van der Waals surface area contributed by atoms with E-state index in [9.17, 15) is 0 Å². The van der Waals surface area contributed by atoms with Crippen molar-refractivity contribution in [2.24, 2.45) is 0 Å². The molecule has 6 nitrogen and oxygen atoms in total. The fourth-order valence-electron chi connectivity index (χ4n) is 2.76. The number of nitriles is 1. The van der Waals surface area contributed by atoms with Crippen LogP contribution < -0.4 is 5.32 Å². The lowest BCUT2D eigenvalue weighted by molar-refractivity contribution is 0.183. The molecule has 22 heavy (non-hydrogen) atoms. The highest BCUT2D eigenvalue weighted by atomic mass is 16.5. The second-order valence-corrected chi connectivity index (χ2v) is 5.43. The average Bonchev–Trinajstić information content (AvgIpc) is 2.98. The molecule has 2 heterocycles. The molecule has 3 rings (SSSR count). The Bertz CT molecular complexity index is 671. The van der Waals surface area contributed by atoms with Crippen LogP contribution in [-0.4, -0.2) is 28.5 Å². The van der Waals surface area contributed by atoms with Crippen molar-refractivity contribution in [2.45, 2.75) is 31.8 Å². The fraction of sp³-hybridized carbons (Fsp3) is 0.438. The third-order valence-electron chi connectivity index (χ3n) is 3.88. The summed E-state index contributed by atoms with van der Waals surface area (Å²) in [6, 6.07) is 5.87. The molecule has 0 radical (unpaired) electrons. The molecule has 2 aromatic heterocycles. The van der Waals surface area contributed by atoms with Crippen molar-refractivity contribution in [1.82, 2.24) is 14.8 Å². The van der Waals surface area contributed by atoms with Gasteiger partial charge >= 0.3 is 0 Å². The van der Waals surface area contributed by atoms with Gasteiger partial charge in [0.25, 0.3) is 0 Å². The van der Waals surface area contributed by atoms with Crippen LogP contribution in [0.3, 0.4) is 0 Å². The number of anilines is 1. The molecule has 1 aliphatic carbocycles. The van der Waals surface area contributed by atoms with Gasteiger partial charge in [0.2, 0.25) is 0 Å². The number of rotatable bonds is 5.